The van der Waals surface area contributed by atoms with Crippen LogP contribution in [0.4, 0.5) is 5.69 Å². The fourth-order valence-corrected chi connectivity index (χ4v) is 11.0. The number of benzene rings is 2. The number of hydrogen-bond donors (Lipinski definition) is 1. The van der Waals surface area contributed by atoms with Gasteiger partial charge in [0.05, 0.1) is 35.8 Å². The van der Waals surface area contributed by atoms with Crippen LogP contribution in [-0.4, -0.2) is 74.5 Å². The number of thioether (sulfide) groups is 1. The van der Waals surface area contributed by atoms with Gasteiger partial charge in [0.1, 0.15) is 6.04 Å². The molecule has 3 saturated heterocycles. The Labute approximate surface area is 273 Å². The maximum atomic E-state index is 15.0. The van der Waals surface area contributed by atoms with E-state index in [4.69, 9.17) is 4.74 Å². The number of allylic oxidation sites excluding steroid dienone is 1. The molecule has 3 unspecified atom stereocenters. The van der Waals surface area contributed by atoms with Crippen molar-refractivity contribution in [3.05, 3.63) is 67.8 Å². The molecule has 0 saturated carbocycles. The number of ether oxygens (including phenoxy) is 1. The summed E-state index contributed by atoms with van der Waals surface area (Å²) in [6, 6.07) is 12.5. The first-order valence-electron chi connectivity index (χ1n) is 15.6. The molecular weight excluding hydrogens is 640 g/mol. The monoisotopic (exact) mass is 682 g/mol. The minimum atomic E-state index is -0.859. The van der Waals surface area contributed by atoms with Crippen molar-refractivity contribution < 1.29 is 24.2 Å². The molecule has 0 radical (unpaired) electrons. The Kier molecular flexibility index (Phi) is 10.3. The molecule has 0 aromatic heterocycles. The predicted octanol–water partition coefficient (Wildman–Crippen LogP) is 6.13. The third kappa shape index (κ3) is 5.87. The molecule has 2 aromatic rings. The van der Waals surface area contributed by atoms with Gasteiger partial charge >= 0.3 is 5.97 Å². The van der Waals surface area contributed by atoms with E-state index in [9.17, 15) is 19.5 Å². The molecule has 1 spiro atoms. The number of amides is 2. The largest absolute Gasteiger partial charge is 0.465 e. The molecule has 44 heavy (non-hydrogen) atoms. The van der Waals surface area contributed by atoms with Crippen molar-refractivity contribution in [1.29, 1.82) is 0 Å². The summed E-state index contributed by atoms with van der Waals surface area (Å²) in [6.45, 7) is 12.0. The average Bonchev–Trinajstić information content (AvgIpc) is 3.61. The number of carbonyl (C=O) groups excluding carboxylic acids is 3. The Morgan fingerprint density at radius 3 is 2.61 bits per heavy atom. The van der Waals surface area contributed by atoms with Crippen LogP contribution in [0.1, 0.15) is 46.0 Å². The smallest absolute Gasteiger partial charge is 0.310 e. The molecule has 2 amide bonds. The van der Waals surface area contributed by atoms with E-state index in [-0.39, 0.29) is 53.5 Å². The molecule has 3 heterocycles. The van der Waals surface area contributed by atoms with Crippen molar-refractivity contribution in [3.63, 3.8) is 0 Å². The Morgan fingerprint density at radius 2 is 1.93 bits per heavy atom. The van der Waals surface area contributed by atoms with E-state index in [0.29, 0.717) is 18.5 Å². The van der Waals surface area contributed by atoms with Crippen molar-refractivity contribution in [1.82, 2.24) is 4.90 Å². The van der Waals surface area contributed by atoms with Crippen LogP contribution in [0, 0.1) is 17.8 Å². The average molecular weight is 684 g/mol. The van der Waals surface area contributed by atoms with Crippen LogP contribution in [0.25, 0.3) is 10.8 Å². The summed E-state index contributed by atoms with van der Waals surface area (Å²) in [5.41, 5.74) is 0.716. The minimum absolute atomic E-state index is 0.0590. The number of aliphatic hydroxyl groups is 1. The molecule has 1 N–H and O–H groups in total. The molecule has 2 aromatic carbocycles. The van der Waals surface area contributed by atoms with E-state index in [0.717, 1.165) is 30.0 Å². The summed E-state index contributed by atoms with van der Waals surface area (Å²) in [5, 5.41) is 12.5. The number of alkyl halides is 1. The maximum absolute atomic E-state index is 15.0. The molecule has 7 nitrogen and oxygen atoms in total. The number of rotatable bonds is 14. The molecule has 0 aliphatic carbocycles. The van der Waals surface area contributed by atoms with E-state index in [1.54, 1.807) is 27.6 Å². The molecule has 9 heteroatoms. The second-order valence-corrected chi connectivity index (χ2v) is 15.3. The summed E-state index contributed by atoms with van der Waals surface area (Å²) in [6.07, 6.45) is 7.09. The number of fused-ring (bicyclic) bond motifs is 2. The van der Waals surface area contributed by atoms with Gasteiger partial charge in [0, 0.05) is 22.3 Å². The molecule has 3 aliphatic heterocycles. The first-order valence-corrected chi connectivity index (χ1v) is 17.4. The van der Waals surface area contributed by atoms with E-state index in [2.05, 4.69) is 29.1 Å². The second kappa shape index (κ2) is 13.8. The van der Waals surface area contributed by atoms with Crippen LogP contribution < -0.4 is 4.90 Å². The highest BCUT2D eigenvalue weighted by Gasteiger charge is 2.76. The lowest BCUT2D eigenvalue weighted by Crippen LogP contribution is -2.58. The first kappa shape index (κ1) is 32.8. The van der Waals surface area contributed by atoms with Gasteiger partial charge in [-0.05, 0) is 60.9 Å². The number of halogens is 1. The molecule has 3 fully saturated rings. The summed E-state index contributed by atoms with van der Waals surface area (Å²) >= 11 is 5.42. The van der Waals surface area contributed by atoms with Gasteiger partial charge in [0.25, 0.3) is 5.91 Å². The minimum Gasteiger partial charge on any atom is -0.465 e. The number of aliphatic hydroxyl groups excluding tert-OH is 1. The molecule has 2 bridgehead atoms. The summed E-state index contributed by atoms with van der Waals surface area (Å²) < 4.78 is 4.94. The fraction of sp³-hybridized carbons (Fsp3) is 0.514. The Balaban J connectivity index is 1.55. The molecule has 3 aliphatic rings. The van der Waals surface area contributed by atoms with E-state index in [1.165, 1.54) is 0 Å². The van der Waals surface area contributed by atoms with Crippen LogP contribution in [0.2, 0.25) is 0 Å². The van der Waals surface area contributed by atoms with Crippen molar-refractivity contribution in [2.24, 2.45) is 17.8 Å². The quantitative estimate of drug-likeness (QED) is 0.112. The van der Waals surface area contributed by atoms with Gasteiger partial charge in [-0.15, -0.1) is 24.9 Å². The van der Waals surface area contributed by atoms with Gasteiger partial charge < -0.3 is 19.6 Å². The highest BCUT2D eigenvalue weighted by Crippen LogP contribution is 2.68. The molecule has 236 valence electrons. The summed E-state index contributed by atoms with van der Waals surface area (Å²) in [4.78, 5) is 46.5. The number of unbranched alkanes of at least 4 members (excludes halogenated alkanes) is 2. The standard InChI is InChI=1S/C35H43BrN2O5S/c1-5-7-8-11-17-43-34(42)28-29-32(40)38(26(21-39)18-22(3)4)31(35(29)20-27(36)30(28)44-35)33(41)37(16-6-2)25-15-14-23-12-9-10-13-24(23)19-25/h5-6,9-10,12-15,19,22,26-31,39H,1-2,7-8,11,16-18,20-21H2,3-4H3/t26-,27?,28-,29+,30-,31?,35?/m1/s1. The topological polar surface area (TPSA) is 87.2 Å². The van der Waals surface area contributed by atoms with Crippen molar-refractivity contribution in [3.8, 4) is 0 Å². The summed E-state index contributed by atoms with van der Waals surface area (Å²) in [7, 11) is 0. The highest BCUT2D eigenvalue weighted by molar-refractivity contribution is 9.09. The van der Waals surface area contributed by atoms with Gasteiger partial charge in [-0.2, -0.15) is 0 Å². The van der Waals surface area contributed by atoms with E-state index >= 15 is 0 Å². The number of carbonyl (C=O) groups is 3. The van der Waals surface area contributed by atoms with Crippen LogP contribution in [0.5, 0.6) is 0 Å². The number of nitrogens with zero attached hydrogens (tertiary/aromatic N) is 2. The van der Waals surface area contributed by atoms with Gasteiger partial charge in [0.2, 0.25) is 5.91 Å². The zero-order chi connectivity index (χ0) is 31.6. The predicted molar refractivity (Wildman–Crippen MR) is 181 cm³/mol. The second-order valence-electron chi connectivity index (χ2n) is 12.6. The number of likely N-dealkylation sites (tertiary alicyclic amines) is 1. The van der Waals surface area contributed by atoms with E-state index in [1.807, 2.05) is 62.4 Å². The van der Waals surface area contributed by atoms with E-state index < -0.39 is 28.7 Å². The number of anilines is 1. The third-order valence-electron chi connectivity index (χ3n) is 9.25. The Bertz CT molecular complexity index is 1420. The number of esters is 1. The third-order valence-corrected chi connectivity index (χ3v) is 12.5. The van der Waals surface area contributed by atoms with Gasteiger partial charge in [-0.25, -0.2) is 0 Å². The van der Waals surface area contributed by atoms with Gasteiger partial charge in [-0.1, -0.05) is 72.3 Å². The summed E-state index contributed by atoms with van der Waals surface area (Å²) in [5.74, 6) is -2.02. The van der Waals surface area contributed by atoms with Crippen LogP contribution in [-0.2, 0) is 19.1 Å². The lowest BCUT2D eigenvalue weighted by atomic mass is 9.71. The lowest BCUT2D eigenvalue weighted by Gasteiger charge is -2.40. The highest BCUT2D eigenvalue weighted by atomic mass is 79.9. The van der Waals surface area contributed by atoms with Gasteiger partial charge in [0.15, 0.2) is 0 Å². The molecular formula is C35H43BrN2O5S. The van der Waals surface area contributed by atoms with Crippen LogP contribution in [0.15, 0.2) is 67.8 Å². The lowest BCUT2D eigenvalue weighted by molar-refractivity contribution is -0.154. The van der Waals surface area contributed by atoms with Crippen LogP contribution >= 0.6 is 27.7 Å². The SMILES string of the molecule is C=CCCCCOC(=O)[C@H]1[C@@H]2SC3(CC2Br)C(C(=O)N(CC=C)c2ccc4ccccc4c2)N([C@@H](CO)CC(C)C)C(=O)[C@H]13. The molecule has 7 atom stereocenters. The zero-order valence-electron chi connectivity index (χ0n) is 25.6. The van der Waals surface area contributed by atoms with Gasteiger partial charge in [-0.3, -0.25) is 14.4 Å². The Morgan fingerprint density at radius 1 is 1.18 bits per heavy atom. The molecule has 5 rings (SSSR count). The Hall–Kier alpha value is -2.62. The normalized spacial score (nSPS) is 27.9. The van der Waals surface area contributed by atoms with Crippen molar-refractivity contribution in [2.45, 2.75) is 72.9 Å². The van der Waals surface area contributed by atoms with Crippen molar-refractivity contribution >= 4 is 61.9 Å². The van der Waals surface area contributed by atoms with Crippen LogP contribution in [0.3, 0.4) is 0 Å². The fourth-order valence-electron chi connectivity index (χ4n) is 7.43. The zero-order valence-corrected chi connectivity index (χ0v) is 28.0. The maximum Gasteiger partial charge on any atom is 0.310 e. The first-order chi connectivity index (χ1) is 21.2. The number of hydrogen-bond acceptors (Lipinski definition) is 6. The van der Waals surface area contributed by atoms with Crippen molar-refractivity contribution in [2.75, 3.05) is 24.7 Å².